The summed E-state index contributed by atoms with van der Waals surface area (Å²) in [7, 11) is 1.55. The minimum atomic E-state index is -0.322. The Morgan fingerprint density at radius 1 is 1.24 bits per heavy atom. The van der Waals surface area contributed by atoms with Gasteiger partial charge in [0.05, 0.1) is 34.9 Å². The Balaban J connectivity index is 1.60. The Morgan fingerprint density at radius 3 is 2.72 bits per heavy atom. The predicted octanol–water partition coefficient (Wildman–Crippen LogP) is 4.28. The summed E-state index contributed by atoms with van der Waals surface area (Å²) in [5.41, 5.74) is 1.71. The molecule has 0 aliphatic heterocycles. The van der Waals surface area contributed by atoms with E-state index in [9.17, 15) is 9.59 Å². The molecule has 8 heteroatoms. The first kappa shape index (κ1) is 19.4. The number of amides is 1. The van der Waals surface area contributed by atoms with Crippen molar-refractivity contribution in [2.45, 2.75) is 31.7 Å². The SMILES string of the molecule is COc1cc2nn([C@H]3CC[C@H](C=O)CC3)cc2cc1NC(=O)c1cncc(Cl)c1. The number of aromatic nitrogens is 3. The maximum absolute atomic E-state index is 12.6. The summed E-state index contributed by atoms with van der Waals surface area (Å²) in [6.07, 6.45) is 9.62. The van der Waals surface area contributed by atoms with Gasteiger partial charge in [0.15, 0.2) is 0 Å². The molecule has 0 radical (unpaired) electrons. The highest BCUT2D eigenvalue weighted by atomic mass is 35.5. The number of benzene rings is 1. The fourth-order valence-electron chi connectivity index (χ4n) is 3.76. The van der Waals surface area contributed by atoms with Gasteiger partial charge in [0.2, 0.25) is 0 Å². The molecule has 1 N–H and O–H groups in total. The number of nitrogens with one attached hydrogen (secondary N) is 1. The first-order valence-corrected chi connectivity index (χ1v) is 9.89. The van der Waals surface area contributed by atoms with E-state index in [-0.39, 0.29) is 17.9 Å². The Bertz CT molecular complexity index is 1060. The molecule has 1 saturated carbocycles. The minimum absolute atomic E-state index is 0.166. The lowest BCUT2D eigenvalue weighted by atomic mass is 9.87. The van der Waals surface area contributed by atoms with Crippen LogP contribution >= 0.6 is 11.6 Å². The summed E-state index contributed by atoms with van der Waals surface area (Å²) < 4.78 is 7.42. The number of hydrogen-bond acceptors (Lipinski definition) is 5. The number of halogens is 1. The van der Waals surface area contributed by atoms with Crippen LogP contribution in [0.25, 0.3) is 10.9 Å². The van der Waals surface area contributed by atoms with E-state index in [0.29, 0.717) is 22.0 Å². The molecule has 150 valence electrons. The Morgan fingerprint density at radius 2 is 2.03 bits per heavy atom. The van der Waals surface area contributed by atoms with Gasteiger partial charge in [-0.1, -0.05) is 11.6 Å². The van der Waals surface area contributed by atoms with Crippen LogP contribution in [0.15, 0.2) is 36.8 Å². The molecule has 0 saturated heterocycles. The highest BCUT2D eigenvalue weighted by molar-refractivity contribution is 6.30. The maximum Gasteiger partial charge on any atom is 0.257 e. The molecule has 1 fully saturated rings. The zero-order chi connectivity index (χ0) is 20.4. The van der Waals surface area contributed by atoms with Crippen molar-refractivity contribution in [3.63, 3.8) is 0 Å². The van der Waals surface area contributed by atoms with E-state index in [0.717, 1.165) is 42.9 Å². The molecule has 4 rings (SSSR count). The van der Waals surface area contributed by atoms with Crippen molar-refractivity contribution in [1.29, 1.82) is 0 Å². The van der Waals surface area contributed by atoms with Crippen LogP contribution in [-0.2, 0) is 4.79 Å². The van der Waals surface area contributed by atoms with Crippen molar-refractivity contribution in [2.75, 3.05) is 12.4 Å². The average Bonchev–Trinajstić information content (AvgIpc) is 3.16. The van der Waals surface area contributed by atoms with Gasteiger partial charge in [0.1, 0.15) is 12.0 Å². The molecule has 7 nitrogen and oxygen atoms in total. The van der Waals surface area contributed by atoms with Gasteiger partial charge in [0.25, 0.3) is 5.91 Å². The second-order valence-corrected chi connectivity index (χ2v) is 7.71. The highest BCUT2D eigenvalue weighted by Crippen LogP contribution is 2.34. The van der Waals surface area contributed by atoms with E-state index in [2.05, 4.69) is 10.3 Å². The summed E-state index contributed by atoms with van der Waals surface area (Å²) in [6.45, 7) is 0. The molecule has 3 aromatic rings. The molecule has 0 bridgehead atoms. The molecule has 0 unspecified atom stereocenters. The Hall–Kier alpha value is -2.93. The van der Waals surface area contributed by atoms with Crippen molar-refractivity contribution in [2.24, 2.45) is 5.92 Å². The molecule has 0 atom stereocenters. The van der Waals surface area contributed by atoms with E-state index in [1.807, 2.05) is 23.0 Å². The zero-order valence-corrected chi connectivity index (χ0v) is 16.7. The van der Waals surface area contributed by atoms with Crippen LogP contribution in [0.3, 0.4) is 0 Å². The van der Waals surface area contributed by atoms with E-state index in [4.69, 9.17) is 21.4 Å². The van der Waals surface area contributed by atoms with Crippen LogP contribution < -0.4 is 10.1 Å². The van der Waals surface area contributed by atoms with Crippen LogP contribution in [0.2, 0.25) is 5.02 Å². The number of aldehydes is 1. The largest absolute Gasteiger partial charge is 0.494 e. The van der Waals surface area contributed by atoms with Gasteiger partial charge in [0, 0.05) is 36.0 Å². The van der Waals surface area contributed by atoms with E-state index in [1.54, 1.807) is 13.2 Å². The lowest BCUT2D eigenvalue weighted by Crippen LogP contribution is -2.19. The van der Waals surface area contributed by atoms with E-state index >= 15 is 0 Å². The van der Waals surface area contributed by atoms with Crippen LogP contribution in [0.5, 0.6) is 5.75 Å². The molecular weight excluding hydrogens is 392 g/mol. The number of carbonyl (C=O) groups excluding carboxylic acids is 2. The minimum Gasteiger partial charge on any atom is -0.494 e. The smallest absolute Gasteiger partial charge is 0.257 e. The van der Waals surface area contributed by atoms with Crippen LogP contribution in [0, 0.1) is 5.92 Å². The first-order chi connectivity index (χ1) is 14.1. The number of ether oxygens (including phenoxy) is 1. The van der Waals surface area contributed by atoms with E-state index in [1.165, 1.54) is 12.4 Å². The van der Waals surface area contributed by atoms with Crippen LogP contribution in [-0.4, -0.2) is 34.1 Å². The third kappa shape index (κ3) is 4.10. The Labute approximate surface area is 173 Å². The lowest BCUT2D eigenvalue weighted by molar-refractivity contribution is -0.112. The van der Waals surface area contributed by atoms with Crippen molar-refractivity contribution in [1.82, 2.24) is 14.8 Å². The monoisotopic (exact) mass is 412 g/mol. The fourth-order valence-corrected chi connectivity index (χ4v) is 3.93. The molecule has 1 aliphatic rings. The normalized spacial score (nSPS) is 19.1. The van der Waals surface area contributed by atoms with Crippen molar-refractivity contribution in [3.05, 3.63) is 47.4 Å². The maximum atomic E-state index is 12.6. The zero-order valence-electron chi connectivity index (χ0n) is 16.0. The third-order valence-corrected chi connectivity index (χ3v) is 5.57. The van der Waals surface area contributed by atoms with Gasteiger partial charge in [-0.25, -0.2) is 0 Å². The standard InChI is InChI=1S/C21H21ClN4O3/c1-29-20-8-18-15(11-26(25-18)17-4-2-13(12-27)3-5-17)7-19(20)24-21(28)14-6-16(22)10-23-9-14/h6-13,17H,2-5H2,1H3,(H,24,28)/t13-,17-. The number of methoxy groups -OCH3 is 1. The second-order valence-electron chi connectivity index (χ2n) is 7.27. The number of rotatable bonds is 5. The number of pyridine rings is 1. The van der Waals surface area contributed by atoms with Crippen molar-refractivity contribution >= 4 is 40.4 Å². The Kier molecular flexibility index (Phi) is 5.49. The number of fused-ring (bicyclic) bond motifs is 1. The molecule has 1 aromatic carbocycles. The molecular formula is C21H21ClN4O3. The summed E-state index contributed by atoms with van der Waals surface area (Å²) in [5.74, 6) is 0.368. The second kappa shape index (κ2) is 8.21. The van der Waals surface area contributed by atoms with Gasteiger partial charge >= 0.3 is 0 Å². The van der Waals surface area contributed by atoms with Gasteiger partial charge in [-0.15, -0.1) is 0 Å². The van der Waals surface area contributed by atoms with Gasteiger partial charge in [-0.2, -0.15) is 5.10 Å². The van der Waals surface area contributed by atoms with Crippen molar-refractivity contribution in [3.8, 4) is 5.75 Å². The average molecular weight is 413 g/mol. The number of anilines is 1. The third-order valence-electron chi connectivity index (χ3n) is 5.37. The molecule has 2 aromatic heterocycles. The quantitative estimate of drug-likeness (QED) is 0.632. The van der Waals surface area contributed by atoms with Gasteiger partial charge < -0.3 is 14.8 Å². The van der Waals surface area contributed by atoms with Crippen LogP contribution in [0.1, 0.15) is 42.1 Å². The van der Waals surface area contributed by atoms with Crippen LogP contribution in [0.4, 0.5) is 5.69 Å². The highest BCUT2D eigenvalue weighted by Gasteiger charge is 2.23. The first-order valence-electron chi connectivity index (χ1n) is 9.51. The molecule has 1 amide bonds. The molecule has 0 spiro atoms. The topological polar surface area (TPSA) is 86.1 Å². The molecule has 2 heterocycles. The fraction of sp³-hybridized carbons (Fsp3) is 0.333. The number of carbonyl (C=O) groups is 2. The summed E-state index contributed by atoms with van der Waals surface area (Å²) in [5, 5.41) is 8.85. The summed E-state index contributed by atoms with van der Waals surface area (Å²) in [4.78, 5) is 27.5. The number of nitrogens with zero attached hydrogens (tertiary/aromatic N) is 3. The number of hydrogen-bond donors (Lipinski definition) is 1. The molecule has 29 heavy (non-hydrogen) atoms. The van der Waals surface area contributed by atoms with Crippen molar-refractivity contribution < 1.29 is 14.3 Å². The predicted molar refractivity (Wildman–Crippen MR) is 111 cm³/mol. The lowest BCUT2D eigenvalue weighted by Gasteiger charge is -2.25. The summed E-state index contributed by atoms with van der Waals surface area (Å²) >= 11 is 5.93. The van der Waals surface area contributed by atoms with Gasteiger partial charge in [-0.05, 0) is 37.8 Å². The van der Waals surface area contributed by atoms with Gasteiger partial charge in [-0.3, -0.25) is 14.5 Å². The van der Waals surface area contributed by atoms with E-state index < -0.39 is 0 Å². The summed E-state index contributed by atoms with van der Waals surface area (Å²) in [6, 6.07) is 5.50. The molecule has 1 aliphatic carbocycles.